The average Bonchev–Trinajstić information content (AvgIpc) is 3.32. The van der Waals surface area contributed by atoms with E-state index in [1.165, 1.54) is 11.1 Å². The second kappa shape index (κ2) is 7.22. The molecule has 26 heavy (non-hydrogen) atoms. The number of nitrogens with two attached hydrogens (primary N) is 1. The van der Waals surface area contributed by atoms with Crippen LogP contribution in [0.15, 0.2) is 54.6 Å². The van der Waals surface area contributed by atoms with Crippen molar-refractivity contribution in [2.45, 2.75) is 25.3 Å². The van der Waals surface area contributed by atoms with E-state index in [1.807, 2.05) is 30.0 Å². The van der Waals surface area contributed by atoms with Gasteiger partial charge in [0.1, 0.15) is 0 Å². The molecule has 136 valence electrons. The van der Waals surface area contributed by atoms with E-state index in [1.54, 1.807) is 0 Å². The predicted molar refractivity (Wildman–Crippen MR) is 105 cm³/mol. The summed E-state index contributed by atoms with van der Waals surface area (Å²) in [5, 5.41) is 0. The summed E-state index contributed by atoms with van der Waals surface area (Å²) in [6.45, 7) is 5.28. The highest BCUT2D eigenvalue weighted by Gasteiger charge is 2.39. The number of para-hydroxylation sites is 1. The van der Waals surface area contributed by atoms with Gasteiger partial charge < -0.3 is 10.6 Å². The highest BCUT2D eigenvalue weighted by atomic mass is 16.2. The fraction of sp³-hybridized carbons (Fsp3) is 0.409. The summed E-state index contributed by atoms with van der Waals surface area (Å²) in [4.78, 5) is 17.5. The molecule has 1 saturated heterocycles. The second-order valence-corrected chi connectivity index (χ2v) is 7.51. The summed E-state index contributed by atoms with van der Waals surface area (Å²) in [6.07, 6.45) is 0.951. The number of carbonyl (C=O) groups is 1. The first kappa shape index (κ1) is 17.3. The standard InChI is InChI=1S/C22H27N3O/c1-16(22(26)25-12-11-18-9-5-6-10-21(18)25)24-14-19(13-23)20(15-24)17-7-3-2-4-8-17/h2-10,16,19-20H,11-15,23H2,1H3/t16?,19-,20+/m1/s1. The summed E-state index contributed by atoms with van der Waals surface area (Å²) < 4.78 is 0. The van der Waals surface area contributed by atoms with Crippen molar-refractivity contribution in [3.63, 3.8) is 0 Å². The van der Waals surface area contributed by atoms with Gasteiger partial charge >= 0.3 is 0 Å². The zero-order valence-electron chi connectivity index (χ0n) is 15.3. The maximum atomic E-state index is 13.2. The summed E-state index contributed by atoms with van der Waals surface area (Å²) in [7, 11) is 0. The minimum absolute atomic E-state index is 0.121. The van der Waals surface area contributed by atoms with Crippen molar-refractivity contribution < 1.29 is 4.79 Å². The van der Waals surface area contributed by atoms with Crippen LogP contribution in [0.3, 0.4) is 0 Å². The van der Waals surface area contributed by atoms with Crippen molar-refractivity contribution in [3.05, 3.63) is 65.7 Å². The lowest BCUT2D eigenvalue weighted by atomic mass is 9.89. The molecule has 4 nitrogen and oxygen atoms in total. The van der Waals surface area contributed by atoms with Gasteiger partial charge in [0.05, 0.1) is 6.04 Å². The predicted octanol–water partition coefficient (Wildman–Crippen LogP) is 2.64. The smallest absolute Gasteiger partial charge is 0.244 e. The molecule has 2 aromatic rings. The number of likely N-dealkylation sites (tertiary alicyclic amines) is 1. The number of nitrogens with zero attached hydrogens (tertiary/aromatic N) is 2. The summed E-state index contributed by atoms with van der Waals surface area (Å²) in [5.74, 6) is 1.01. The first-order valence-electron chi connectivity index (χ1n) is 9.57. The molecule has 0 bridgehead atoms. The quantitative estimate of drug-likeness (QED) is 0.923. The Morgan fingerprint density at radius 1 is 1.12 bits per heavy atom. The minimum Gasteiger partial charge on any atom is -0.330 e. The van der Waals surface area contributed by atoms with E-state index in [2.05, 4.69) is 41.3 Å². The van der Waals surface area contributed by atoms with Crippen molar-refractivity contribution in [2.24, 2.45) is 11.7 Å². The zero-order valence-corrected chi connectivity index (χ0v) is 15.3. The molecule has 0 aliphatic carbocycles. The summed E-state index contributed by atoms with van der Waals surface area (Å²) >= 11 is 0. The number of carbonyl (C=O) groups excluding carboxylic acids is 1. The third-order valence-electron chi connectivity index (χ3n) is 6.06. The molecule has 2 heterocycles. The minimum atomic E-state index is -0.121. The van der Waals surface area contributed by atoms with E-state index < -0.39 is 0 Å². The maximum Gasteiger partial charge on any atom is 0.244 e. The van der Waals surface area contributed by atoms with E-state index >= 15 is 0 Å². The lowest BCUT2D eigenvalue weighted by Crippen LogP contribution is -2.46. The molecule has 4 heteroatoms. The fourth-order valence-electron chi connectivity index (χ4n) is 4.49. The van der Waals surface area contributed by atoms with Crippen LogP contribution in [0.1, 0.15) is 24.0 Å². The lowest BCUT2D eigenvalue weighted by molar-refractivity contribution is -0.122. The van der Waals surface area contributed by atoms with Gasteiger partial charge in [0.15, 0.2) is 0 Å². The van der Waals surface area contributed by atoms with Crippen LogP contribution < -0.4 is 10.6 Å². The molecule has 2 aromatic carbocycles. The van der Waals surface area contributed by atoms with Crippen molar-refractivity contribution in [1.82, 2.24) is 4.90 Å². The number of rotatable bonds is 4. The van der Waals surface area contributed by atoms with Crippen LogP contribution in [0.2, 0.25) is 0 Å². The number of fused-ring (bicyclic) bond motifs is 1. The van der Waals surface area contributed by atoms with Crippen LogP contribution >= 0.6 is 0 Å². The van der Waals surface area contributed by atoms with Gasteiger partial charge in [-0.25, -0.2) is 0 Å². The fourth-order valence-corrected chi connectivity index (χ4v) is 4.49. The zero-order chi connectivity index (χ0) is 18.1. The summed E-state index contributed by atoms with van der Waals surface area (Å²) in [6, 6.07) is 18.7. The molecule has 0 aromatic heterocycles. The van der Waals surface area contributed by atoms with Crippen LogP contribution in [0.25, 0.3) is 0 Å². The molecular formula is C22H27N3O. The van der Waals surface area contributed by atoms with E-state index in [0.29, 0.717) is 18.4 Å². The highest BCUT2D eigenvalue weighted by Crippen LogP contribution is 2.34. The Morgan fingerprint density at radius 3 is 2.62 bits per heavy atom. The van der Waals surface area contributed by atoms with Gasteiger partial charge in [0, 0.05) is 31.2 Å². The molecule has 3 atom stereocenters. The van der Waals surface area contributed by atoms with Gasteiger partial charge in [-0.05, 0) is 43.0 Å². The molecule has 0 radical (unpaired) electrons. The Morgan fingerprint density at radius 2 is 1.85 bits per heavy atom. The first-order valence-corrected chi connectivity index (χ1v) is 9.57. The molecule has 4 rings (SSSR count). The molecule has 2 aliphatic heterocycles. The normalized spacial score (nSPS) is 23.8. The SMILES string of the molecule is CC(C(=O)N1CCc2ccccc21)N1C[C@@H](CN)[C@H](c2ccccc2)C1. The Hall–Kier alpha value is -2.17. The molecule has 0 spiro atoms. The topological polar surface area (TPSA) is 49.6 Å². The van der Waals surface area contributed by atoms with Crippen LogP contribution in [0, 0.1) is 5.92 Å². The van der Waals surface area contributed by atoms with Gasteiger partial charge in [-0.1, -0.05) is 48.5 Å². The second-order valence-electron chi connectivity index (χ2n) is 7.51. The number of benzene rings is 2. The molecule has 1 amide bonds. The van der Waals surface area contributed by atoms with Gasteiger partial charge in [-0.15, -0.1) is 0 Å². The van der Waals surface area contributed by atoms with Crippen molar-refractivity contribution in [2.75, 3.05) is 31.1 Å². The van der Waals surface area contributed by atoms with Crippen molar-refractivity contribution in [1.29, 1.82) is 0 Å². The number of hydrogen-bond donors (Lipinski definition) is 1. The van der Waals surface area contributed by atoms with E-state index in [-0.39, 0.29) is 11.9 Å². The van der Waals surface area contributed by atoms with E-state index in [0.717, 1.165) is 31.7 Å². The van der Waals surface area contributed by atoms with Crippen LogP contribution in [0.5, 0.6) is 0 Å². The number of amides is 1. The highest BCUT2D eigenvalue weighted by molar-refractivity contribution is 5.98. The van der Waals surface area contributed by atoms with Gasteiger partial charge in [0.2, 0.25) is 5.91 Å². The first-order chi connectivity index (χ1) is 12.7. The molecule has 1 unspecified atom stereocenters. The van der Waals surface area contributed by atoms with Gasteiger partial charge in [-0.3, -0.25) is 9.69 Å². The Labute approximate surface area is 155 Å². The summed E-state index contributed by atoms with van der Waals surface area (Å²) in [5.41, 5.74) is 9.75. The third-order valence-corrected chi connectivity index (χ3v) is 6.06. The Balaban J connectivity index is 1.50. The molecular weight excluding hydrogens is 322 g/mol. The van der Waals surface area contributed by atoms with Gasteiger partial charge in [-0.2, -0.15) is 0 Å². The molecule has 1 fully saturated rings. The number of anilines is 1. The van der Waals surface area contributed by atoms with Crippen LogP contribution in [-0.2, 0) is 11.2 Å². The molecule has 2 N–H and O–H groups in total. The van der Waals surface area contributed by atoms with E-state index in [4.69, 9.17) is 5.73 Å². The van der Waals surface area contributed by atoms with Crippen LogP contribution in [-0.4, -0.2) is 43.0 Å². The molecule has 2 aliphatic rings. The van der Waals surface area contributed by atoms with Crippen LogP contribution in [0.4, 0.5) is 5.69 Å². The Bertz CT molecular complexity index is 776. The van der Waals surface area contributed by atoms with Crippen molar-refractivity contribution >= 4 is 11.6 Å². The monoisotopic (exact) mass is 349 g/mol. The van der Waals surface area contributed by atoms with Crippen molar-refractivity contribution in [3.8, 4) is 0 Å². The maximum absolute atomic E-state index is 13.2. The largest absolute Gasteiger partial charge is 0.330 e. The number of hydrogen-bond acceptors (Lipinski definition) is 3. The lowest BCUT2D eigenvalue weighted by Gasteiger charge is -2.28. The molecule has 0 saturated carbocycles. The van der Waals surface area contributed by atoms with Gasteiger partial charge in [0.25, 0.3) is 0 Å². The Kier molecular flexibility index (Phi) is 4.79. The average molecular weight is 349 g/mol. The van der Waals surface area contributed by atoms with E-state index in [9.17, 15) is 4.79 Å². The third kappa shape index (κ3) is 3.04.